The molecule has 0 heterocycles. The van der Waals surface area contributed by atoms with Crippen LogP contribution in [0.1, 0.15) is 27.7 Å². The zero-order valence-corrected chi connectivity index (χ0v) is 9.83. The van der Waals surface area contributed by atoms with Crippen LogP contribution in [0.5, 0.6) is 0 Å². The molecule has 0 bridgehead atoms. The first kappa shape index (κ1) is 13.9. The van der Waals surface area contributed by atoms with Gasteiger partial charge >= 0.3 is 0 Å². The Morgan fingerprint density at radius 2 is 1.73 bits per heavy atom. The molecule has 5 nitrogen and oxygen atoms in total. The lowest BCUT2D eigenvalue weighted by Gasteiger charge is -2.15. The van der Waals surface area contributed by atoms with Crippen LogP contribution in [-0.2, 0) is 9.59 Å². The monoisotopic (exact) mass is 215 g/mol. The van der Waals surface area contributed by atoms with Crippen molar-refractivity contribution < 1.29 is 9.59 Å². The Bertz CT molecular complexity index is 227. The van der Waals surface area contributed by atoms with Gasteiger partial charge in [0, 0.05) is 6.04 Å². The number of carbonyl (C=O) groups excluding carboxylic acids is 2. The molecule has 0 aliphatic heterocycles. The van der Waals surface area contributed by atoms with Crippen LogP contribution in [0.15, 0.2) is 0 Å². The molecule has 0 aromatic carbocycles. The number of hydrogen-bond donors (Lipinski definition) is 3. The molecule has 0 rings (SSSR count). The van der Waals surface area contributed by atoms with E-state index >= 15 is 0 Å². The van der Waals surface area contributed by atoms with Crippen LogP contribution in [0.2, 0.25) is 0 Å². The maximum absolute atomic E-state index is 11.4. The van der Waals surface area contributed by atoms with Crippen LogP contribution in [0.4, 0.5) is 0 Å². The van der Waals surface area contributed by atoms with E-state index in [1.165, 1.54) is 0 Å². The van der Waals surface area contributed by atoms with E-state index < -0.39 is 6.04 Å². The number of rotatable bonds is 5. The fourth-order valence-electron chi connectivity index (χ4n) is 0.961. The van der Waals surface area contributed by atoms with Gasteiger partial charge in [0.15, 0.2) is 0 Å². The Labute approximate surface area is 90.8 Å². The van der Waals surface area contributed by atoms with E-state index in [1.54, 1.807) is 0 Å². The van der Waals surface area contributed by atoms with Crippen LogP contribution >= 0.6 is 0 Å². The second-order valence-corrected chi connectivity index (χ2v) is 4.21. The van der Waals surface area contributed by atoms with Crippen molar-refractivity contribution in [3.8, 4) is 0 Å². The molecule has 0 aliphatic rings. The van der Waals surface area contributed by atoms with Gasteiger partial charge in [0.05, 0.1) is 12.6 Å². The quantitative estimate of drug-likeness (QED) is 0.584. The first-order valence-electron chi connectivity index (χ1n) is 5.17. The van der Waals surface area contributed by atoms with Crippen LogP contribution < -0.4 is 16.4 Å². The molecule has 0 spiro atoms. The summed E-state index contributed by atoms with van der Waals surface area (Å²) in [6.45, 7) is 7.42. The summed E-state index contributed by atoms with van der Waals surface area (Å²) in [4.78, 5) is 22.5. The van der Waals surface area contributed by atoms with E-state index in [-0.39, 0.29) is 30.3 Å². The average Bonchev–Trinajstić information content (AvgIpc) is 2.11. The minimum atomic E-state index is -0.558. The van der Waals surface area contributed by atoms with Crippen LogP contribution in [0, 0.1) is 5.92 Å². The first-order valence-corrected chi connectivity index (χ1v) is 5.17. The second kappa shape index (κ2) is 6.40. The lowest BCUT2D eigenvalue weighted by molar-refractivity contribution is -0.127. The van der Waals surface area contributed by atoms with E-state index in [0.717, 1.165) is 0 Å². The summed E-state index contributed by atoms with van der Waals surface area (Å²) < 4.78 is 0. The molecule has 2 amide bonds. The summed E-state index contributed by atoms with van der Waals surface area (Å²) in [6, 6.07) is -0.481. The van der Waals surface area contributed by atoms with Crippen molar-refractivity contribution in [2.24, 2.45) is 11.7 Å². The predicted octanol–water partition coefficient (Wildman–Crippen LogP) is -0.389. The molecule has 0 aliphatic carbocycles. The molecule has 1 atom stereocenters. The number of amides is 2. The van der Waals surface area contributed by atoms with E-state index in [2.05, 4.69) is 10.6 Å². The Kier molecular flexibility index (Phi) is 5.93. The standard InChI is InChI=1S/C10H21N3O2/c1-6(2)9(11)10(15)12-5-8(14)13-7(3)4/h6-7,9H,5,11H2,1-4H3,(H,12,15)(H,13,14). The van der Waals surface area contributed by atoms with Crippen molar-refractivity contribution in [2.75, 3.05) is 6.54 Å². The average molecular weight is 215 g/mol. The highest BCUT2D eigenvalue weighted by atomic mass is 16.2. The van der Waals surface area contributed by atoms with Gasteiger partial charge in [-0.3, -0.25) is 9.59 Å². The fourth-order valence-corrected chi connectivity index (χ4v) is 0.961. The second-order valence-electron chi connectivity index (χ2n) is 4.21. The summed E-state index contributed by atoms with van der Waals surface area (Å²) >= 11 is 0. The molecule has 0 aromatic heterocycles. The highest BCUT2D eigenvalue weighted by molar-refractivity contribution is 5.87. The molecule has 15 heavy (non-hydrogen) atoms. The Morgan fingerprint density at radius 3 is 2.13 bits per heavy atom. The topological polar surface area (TPSA) is 84.2 Å². The Morgan fingerprint density at radius 1 is 1.20 bits per heavy atom. The molecule has 0 fully saturated rings. The third-order valence-corrected chi connectivity index (χ3v) is 1.89. The van der Waals surface area contributed by atoms with E-state index in [0.29, 0.717) is 0 Å². The Hall–Kier alpha value is -1.10. The summed E-state index contributed by atoms with van der Waals surface area (Å²) in [6.07, 6.45) is 0. The summed E-state index contributed by atoms with van der Waals surface area (Å²) in [5.41, 5.74) is 5.60. The van der Waals surface area contributed by atoms with Crippen LogP contribution in [-0.4, -0.2) is 30.4 Å². The van der Waals surface area contributed by atoms with Gasteiger partial charge in [0.1, 0.15) is 0 Å². The van der Waals surface area contributed by atoms with Gasteiger partial charge in [0.2, 0.25) is 11.8 Å². The molecule has 0 aromatic rings. The Balaban J connectivity index is 3.85. The van der Waals surface area contributed by atoms with Crippen molar-refractivity contribution in [2.45, 2.75) is 39.8 Å². The van der Waals surface area contributed by atoms with E-state index in [4.69, 9.17) is 5.73 Å². The molecule has 1 unspecified atom stereocenters. The van der Waals surface area contributed by atoms with Gasteiger partial charge in [-0.1, -0.05) is 13.8 Å². The van der Waals surface area contributed by atoms with Gasteiger partial charge in [-0.05, 0) is 19.8 Å². The smallest absolute Gasteiger partial charge is 0.239 e. The number of nitrogens with two attached hydrogens (primary N) is 1. The third-order valence-electron chi connectivity index (χ3n) is 1.89. The highest BCUT2D eigenvalue weighted by Gasteiger charge is 2.17. The summed E-state index contributed by atoms with van der Waals surface area (Å²) in [5.74, 6) is -0.420. The summed E-state index contributed by atoms with van der Waals surface area (Å²) in [5, 5.41) is 5.16. The third kappa shape index (κ3) is 6.06. The van der Waals surface area contributed by atoms with Crippen molar-refractivity contribution in [3.63, 3.8) is 0 Å². The minimum absolute atomic E-state index is 0.0164. The highest BCUT2D eigenvalue weighted by Crippen LogP contribution is 1.97. The zero-order chi connectivity index (χ0) is 12.0. The lowest BCUT2D eigenvalue weighted by Crippen LogP contribution is -2.47. The SMILES string of the molecule is CC(C)NC(=O)CNC(=O)C(N)C(C)C. The van der Waals surface area contributed by atoms with Crippen molar-refractivity contribution >= 4 is 11.8 Å². The van der Waals surface area contributed by atoms with Gasteiger partial charge in [-0.2, -0.15) is 0 Å². The maximum atomic E-state index is 11.4. The normalized spacial score (nSPS) is 12.7. The van der Waals surface area contributed by atoms with E-state index in [1.807, 2.05) is 27.7 Å². The van der Waals surface area contributed by atoms with Gasteiger partial charge < -0.3 is 16.4 Å². The maximum Gasteiger partial charge on any atom is 0.239 e. The number of nitrogens with one attached hydrogen (secondary N) is 2. The fraction of sp³-hybridized carbons (Fsp3) is 0.800. The van der Waals surface area contributed by atoms with Gasteiger partial charge in [0.25, 0.3) is 0 Å². The molecule has 88 valence electrons. The number of hydrogen-bond acceptors (Lipinski definition) is 3. The molecule has 0 saturated heterocycles. The summed E-state index contributed by atoms with van der Waals surface area (Å²) in [7, 11) is 0. The largest absolute Gasteiger partial charge is 0.352 e. The van der Waals surface area contributed by atoms with Crippen LogP contribution in [0.3, 0.4) is 0 Å². The van der Waals surface area contributed by atoms with Crippen molar-refractivity contribution in [3.05, 3.63) is 0 Å². The molecule has 4 N–H and O–H groups in total. The first-order chi connectivity index (χ1) is 6.84. The van der Waals surface area contributed by atoms with Crippen LogP contribution in [0.25, 0.3) is 0 Å². The molecular formula is C10H21N3O2. The zero-order valence-electron chi connectivity index (χ0n) is 9.83. The molecule has 0 radical (unpaired) electrons. The minimum Gasteiger partial charge on any atom is -0.352 e. The van der Waals surface area contributed by atoms with Gasteiger partial charge in [-0.25, -0.2) is 0 Å². The van der Waals surface area contributed by atoms with Crippen molar-refractivity contribution in [1.82, 2.24) is 10.6 Å². The molecular weight excluding hydrogens is 194 g/mol. The lowest BCUT2D eigenvalue weighted by atomic mass is 10.1. The molecule has 0 saturated carbocycles. The van der Waals surface area contributed by atoms with Crippen molar-refractivity contribution in [1.29, 1.82) is 0 Å². The van der Waals surface area contributed by atoms with Gasteiger partial charge in [-0.15, -0.1) is 0 Å². The number of carbonyl (C=O) groups is 2. The predicted molar refractivity (Wildman–Crippen MR) is 59.1 cm³/mol. The van der Waals surface area contributed by atoms with E-state index in [9.17, 15) is 9.59 Å². The molecule has 5 heteroatoms.